The van der Waals surface area contributed by atoms with Crippen molar-refractivity contribution in [2.24, 2.45) is 0 Å². The average Bonchev–Trinajstić information content (AvgIpc) is 2.88. The Hall–Kier alpha value is -0.343. The number of aromatic nitrogens is 3. The molecule has 1 atom stereocenters. The van der Waals surface area contributed by atoms with Gasteiger partial charge in [0.05, 0.1) is 5.02 Å². The van der Waals surface area contributed by atoms with E-state index in [0.29, 0.717) is 5.02 Å². The molecule has 1 aliphatic rings. The molecule has 0 saturated heterocycles. The van der Waals surface area contributed by atoms with Gasteiger partial charge in [0.2, 0.25) is 0 Å². The summed E-state index contributed by atoms with van der Waals surface area (Å²) in [5, 5.41) is 9.92. The molecule has 0 fully saturated rings. The average molecular weight is 503 g/mol. The van der Waals surface area contributed by atoms with Crippen LogP contribution in [0.2, 0.25) is 23.2 Å². The fraction of sp³-hybridized carbons (Fsp3) is 0.600. The normalized spacial score (nSPS) is 20.7. The van der Waals surface area contributed by atoms with Crippen molar-refractivity contribution < 1.29 is 4.43 Å². The number of halogens is 2. The molecule has 1 aliphatic heterocycles. The van der Waals surface area contributed by atoms with Gasteiger partial charge in [-0.25, -0.2) is 0 Å². The Balaban J connectivity index is 1.85. The van der Waals surface area contributed by atoms with Gasteiger partial charge in [-0.2, -0.15) is 11.8 Å². The highest BCUT2D eigenvalue weighted by Crippen LogP contribution is 2.40. The molecule has 8 heteroatoms. The zero-order chi connectivity index (χ0) is 20.7. The molecule has 0 N–H and O–H groups in total. The van der Waals surface area contributed by atoms with Crippen LogP contribution in [0, 0.1) is 0 Å². The largest absolute Gasteiger partial charge is 0.415 e. The Bertz CT molecular complexity index is 868. The molecule has 0 saturated carbocycles. The zero-order valence-electron chi connectivity index (χ0n) is 17.5. The smallest absolute Gasteiger partial charge is 0.192 e. The molecule has 4 nitrogen and oxygen atoms in total. The van der Waals surface area contributed by atoms with Gasteiger partial charge in [-0.05, 0) is 53.1 Å². The molecule has 28 heavy (non-hydrogen) atoms. The lowest BCUT2D eigenvalue weighted by atomic mass is 10.1. The summed E-state index contributed by atoms with van der Waals surface area (Å²) in [6.45, 7) is 15.4. The summed E-state index contributed by atoms with van der Waals surface area (Å²) in [6.07, 6.45) is 0.838. The molecule has 1 aromatic heterocycles. The van der Waals surface area contributed by atoms with E-state index >= 15 is 0 Å². The van der Waals surface area contributed by atoms with E-state index in [-0.39, 0.29) is 9.79 Å². The van der Waals surface area contributed by atoms with E-state index in [4.69, 9.17) is 16.0 Å². The second kappa shape index (κ2) is 8.06. The Labute approximate surface area is 187 Å². The van der Waals surface area contributed by atoms with Gasteiger partial charge < -0.3 is 8.99 Å². The predicted octanol–water partition coefficient (Wildman–Crippen LogP) is 6.43. The van der Waals surface area contributed by atoms with Crippen LogP contribution >= 0.6 is 39.3 Å². The van der Waals surface area contributed by atoms with Crippen molar-refractivity contribution in [2.45, 2.75) is 63.5 Å². The quantitative estimate of drug-likeness (QED) is 0.452. The van der Waals surface area contributed by atoms with Crippen LogP contribution in [0.25, 0.3) is 11.4 Å². The van der Waals surface area contributed by atoms with E-state index in [0.717, 1.165) is 47.0 Å². The minimum Gasteiger partial charge on any atom is -0.415 e. The topological polar surface area (TPSA) is 39.9 Å². The molecule has 1 unspecified atom stereocenters. The lowest BCUT2D eigenvalue weighted by molar-refractivity contribution is 0.252. The predicted molar refractivity (Wildman–Crippen MR) is 126 cm³/mol. The van der Waals surface area contributed by atoms with Crippen LogP contribution in [-0.2, 0) is 17.4 Å². The van der Waals surface area contributed by atoms with Crippen LogP contribution < -0.4 is 0 Å². The number of thioether (sulfide) groups is 1. The summed E-state index contributed by atoms with van der Waals surface area (Å²) in [6, 6.07) is 5.92. The molecule has 1 aromatic carbocycles. The fourth-order valence-electron chi connectivity index (χ4n) is 2.99. The minimum atomic E-state index is -1.78. The van der Waals surface area contributed by atoms with Crippen LogP contribution in [0.15, 0.2) is 22.7 Å². The van der Waals surface area contributed by atoms with Gasteiger partial charge in [0.25, 0.3) is 0 Å². The SMILES string of the molecule is CC1(CO[Si](C)(C)C(C)(C)C)Cc2nnc(-c3cccc(Br)c3Cl)n2CCS1. The number of rotatable bonds is 4. The molecule has 0 radical (unpaired) electrons. The highest BCUT2D eigenvalue weighted by molar-refractivity contribution is 9.10. The molecule has 0 spiro atoms. The monoisotopic (exact) mass is 501 g/mol. The first-order chi connectivity index (χ1) is 12.9. The van der Waals surface area contributed by atoms with Crippen LogP contribution in [0.3, 0.4) is 0 Å². The number of benzene rings is 1. The van der Waals surface area contributed by atoms with Crippen LogP contribution in [0.4, 0.5) is 0 Å². The van der Waals surface area contributed by atoms with Crippen molar-refractivity contribution in [3.8, 4) is 11.4 Å². The van der Waals surface area contributed by atoms with Gasteiger partial charge in [0.15, 0.2) is 14.1 Å². The molecule has 3 rings (SSSR count). The van der Waals surface area contributed by atoms with Crippen molar-refractivity contribution in [3.63, 3.8) is 0 Å². The van der Waals surface area contributed by atoms with Crippen LogP contribution in [0.1, 0.15) is 33.5 Å². The van der Waals surface area contributed by atoms with Gasteiger partial charge in [0, 0.05) is 40.1 Å². The summed E-state index contributed by atoms with van der Waals surface area (Å²) < 4.78 is 9.66. The summed E-state index contributed by atoms with van der Waals surface area (Å²) in [5.41, 5.74) is 0.918. The standard InChI is InChI=1S/C20H29BrClN3OSSi/c1-19(2,3)28(5,6)26-13-20(4)12-16-23-24-18(25(16)10-11-27-20)14-8-7-9-15(21)17(14)22/h7-9H,10-13H2,1-6H3. The molecular weight excluding hydrogens is 474 g/mol. The Kier molecular flexibility index (Phi) is 6.43. The summed E-state index contributed by atoms with van der Waals surface area (Å²) in [7, 11) is -1.78. The Morgan fingerprint density at radius 1 is 1.32 bits per heavy atom. The summed E-state index contributed by atoms with van der Waals surface area (Å²) in [4.78, 5) is 0. The van der Waals surface area contributed by atoms with E-state index in [9.17, 15) is 0 Å². The Morgan fingerprint density at radius 3 is 2.71 bits per heavy atom. The first-order valence-electron chi connectivity index (χ1n) is 9.58. The van der Waals surface area contributed by atoms with Crippen molar-refractivity contribution in [2.75, 3.05) is 12.4 Å². The first kappa shape index (κ1) is 22.3. The third-order valence-corrected chi connectivity index (χ3v) is 13.0. The fourth-order valence-corrected chi connectivity index (χ4v) is 5.92. The van der Waals surface area contributed by atoms with Crippen LogP contribution in [-0.4, -0.2) is 40.2 Å². The summed E-state index contributed by atoms with van der Waals surface area (Å²) >= 11 is 12.0. The third-order valence-electron chi connectivity index (χ3n) is 5.86. The van der Waals surface area contributed by atoms with Gasteiger partial charge >= 0.3 is 0 Å². The molecule has 154 valence electrons. The van der Waals surface area contributed by atoms with E-state index < -0.39 is 8.32 Å². The molecule has 0 bridgehead atoms. The number of hydrogen-bond donors (Lipinski definition) is 0. The Morgan fingerprint density at radius 2 is 2.04 bits per heavy atom. The van der Waals surface area contributed by atoms with Crippen LogP contribution in [0.5, 0.6) is 0 Å². The number of hydrogen-bond acceptors (Lipinski definition) is 4. The van der Waals surface area contributed by atoms with Gasteiger partial charge in [-0.1, -0.05) is 38.4 Å². The third kappa shape index (κ3) is 4.53. The van der Waals surface area contributed by atoms with Crippen molar-refractivity contribution in [3.05, 3.63) is 33.5 Å². The van der Waals surface area contributed by atoms with Gasteiger partial charge in [-0.3, -0.25) is 0 Å². The highest BCUT2D eigenvalue weighted by Gasteiger charge is 2.40. The van der Waals surface area contributed by atoms with Crippen molar-refractivity contribution in [1.82, 2.24) is 14.8 Å². The van der Waals surface area contributed by atoms with E-state index in [2.05, 4.69) is 71.5 Å². The molecular formula is C20H29BrClN3OSSi. The zero-order valence-corrected chi connectivity index (χ0v) is 21.6. The lowest BCUT2D eigenvalue weighted by Crippen LogP contribution is -2.45. The lowest BCUT2D eigenvalue weighted by Gasteiger charge is -2.39. The van der Waals surface area contributed by atoms with Gasteiger partial charge in [0.1, 0.15) is 5.82 Å². The van der Waals surface area contributed by atoms with Gasteiger partial charge in [-0.15, -0.1) is 10.2 Å². The minimum absolute atomic E-state index is 0.00482. The molecule has 2 aromatic rings. The van der Waals surface area contributed by atoms with E-state index in [1.165, 1.54) is 0 Å². The maximum Gasteiger partial charge on any atom is 0.192 e. The second-order valence-corrected chi connectivity index (χ2v) is 16.9. The maximum absolute atomic E-state index is 6.57. The number of fused-ring (bicyclic) bond motifs is 1. The number of nitrogens with zero attached hydrogens (tertiary/aromatic N) is 3. The summed E-state index contributed by atoms with van der Waals surface area (Å²) in [5.74, 6) is 2.86. The first-order valence-corrected chi connectivity index (χ1v) is 14.6. The van der Waals surface area contributed by atoms with E-state index in [1.54, 1.807) is 0 Å². The molecule has 0 amide bonds. The van der Waals surface area contributed by atoms with Crippen molar-refractivity contribution >= 4 is 47.6 Å². The highest BCUT2D eigenvalue weighted by atomic mass is 79.9. The molecule has 2 heterocycles. The molecule has 0 aliphatic carbocycles. The van der Waals surface area contributed by atoms with Crippen molar-refractivity contribution in [1.29, 1.82) is 0 Å². The van der Waals surface area contributed by atoms with E-state index in [1.807, 2.05) is 30.0 Å². The second-order valence-electron chi connectivity index (χ2n) is 9.22. The maximum atomic E-state index is 6.57.